The first-order valence-electron chi connectivity index (χ1n) is 11.1. The molecule has 0 spiro atoms. The van der Waals surface area contributed by atoms with Crippen molar-refractivity contribution in [2.24, 2.45) is 0 Å². The summed E-state index contributed by atoms with van der Waals surface area (Å²) in [5.74, 6) is -0.894. The lowest BCUT2D eigenvalue weighted by molar-refractivity contribution is -0.117. The first-order chi connectivity index (χ1) is 16.2. The number of amides is 1. The molecule has 0 aliphatic carbocycles. The number of carbonyl (C=O) groups is 1. The first-order valence-corrected chi connectivity index (χ1v) is 11.1. The van der Waals surface area contributed by atoms with Gasteiger partial charge in [-0.25, -0.2) is 13.8 Å². The molecular weight excluding hydrogens is 442 g/mol. The van der Waals surface area contributed by atoms with Crippen LogP contribution in [0.3, 0.4) is 0 Å². The molecule has 2 aromatic heterocycles. The summed E-state index contributed by atoms with van der Waals surface area (Å²) in [5.41, 5.74) is 4.34. The average molecular weight is 466 g/mol. The highest BCUT2D eigenvalue weighted by Crippen LogP contribution is 2.39. The van der Waals surface area contributed by atoms with Gasteiger partial charge < -0.3 is 19.1 Å². The zero-order valence-electron chi connectivity index (χ0n) is 19.0. The van der Waals surface area contributed by atoms with E-state index in [1.54, 1.807) is 6.92 Å². The molecule has 176 valence electrons. The monoisotopic (exact) mass is 466 g/mol. The molecule has 1 amide bonds. The highest BCUT2D eigenvalue weighted by atomic mass is 19.2. The summed E-state index contributed by atoms with van der Waals surface area (Å²) in [6.07, 6.45) is 0.0658. The van der Waals surface area contributed by atoms with E-state index in [1.165, 1.54) is 11.0 Å². The van der Waals surface area contributed by atoms with E-state index in [9.17, 15) is 18.7 Å². The number of aliphatic hydroxyl groups is 1. The van der Waals surface area contributed by atoms with Crippen molar-refractivity contribution < 1.29 is 23.2 Å². The molecule has 7 nitrogen and oxygen atoms in total. The fraction of sp³-hybridized carbons (Fsp3) is 0.320. The van der Waals surface area contributed by atoms with Crippen molar-refractivity contribution in [3.8, 4) is 11.1 Å². The van der Waals surface area contributed by atoms with Crippen LogP contribution >= 0.6 is 0 Å². The Morgan fingerprint density at radius 2 is 1.97 bits per heavy atom. The maximum Gasteiger partial charge on any atom is 0.227 e. The summed E-state index contributed by atoms with van der Waals surface area (Å²) < 4.78 is 34.7. The van der Waals surface area contributed by atoms with Crippen LogP contribution in [-0.2, 0) is 11.3 Å². The number of carbonyl (C=O) groups excluding carboxylic acids is 1. The van der Waals surface area contributed by atoms with Gasteiger partial charge in [0.25, 0.3) is 0 Å². The molecule has 1 unspecified atom stereocenters. The number of aliphatic hydroxyl groups excluding tert-OH is 1. The van der Waals surface area contributed by atoms with Gasteiger partial charge in [0.2, 0.25) is 5.91 Å². The van der Waals surface area contributed by atoms with Crippen molar-refractivity contribution in [1.29, 1.82) is 0 Å². The fourth-order valence-electron chi connectivity index (χ4n) is 4.80. The minimum Gasteiger partial charge on any atom is -0.392 e. The number of fused-ring (bicyclic) bond motifs is 1. The van der Waals surface area contributed by atoms with Gasteiger partial charge in [-0.1, -0.05) is 11.2 Å². The predicted molar refractivity (Wildman–Crippen MR) is 122 cm³/mol. The number of imidazole rings is 1. The van der Waals surface area contributed by atoms with Crippen LogP contribution in [0.5, 0.6) is 0 Å². The molecule has 1 fully saturated rings. The van der Waals surface area contributed by atoms with Crippen LogP contribution in [0, 0.1) is 25.5 Å². The van der Waals surface area contributed by atoms with Gasteiger partial charge in [-0.05, 0) is 57.0 Å². The van der Waals surface area contributed by atoms with Gasteiger partial charge in [0, 0.05) is 23.7 Å². The first kappa shape index (κ1) is 22.2. The minimum absolute atomic E-state index is 0.192. The van der Waals surface area contributed by atoms with Crippen molar-refractivity contribution >= 4 is 22.6 Å². The number of rotatable bonds is 5. The summed E-state index contributed by atoms with van der Waals surface area (Å²) in [4.78, 5) is 19.1. The zero-order chi connectivity index (χ0) is 24.1. The Kier molecular flexibility index (Phi) is 5.44. The summed E-state index contributed by atoms with van der Waals surface area (Å²) in [7, 11) is 0. The molecule has 2 aromatic carbocycles. The fourth-order valence-corrected chi connectivity index (χ4v) is 4.80. The van der Waals surface area contributed by atoms with Gasteiger partial charge in [-0.2, -0.15) is 0 Å². The number of benzene rings is 2. The van der Waals surface area contributed by atoms with Crippen LogP contribution in [-0.4, -0.2) is 31.8 Å². The lowest BCUT2D eigenvalue weighted by Gasteiger charge is -2.25. The van der Waals surface area contributed by atoms with Crippen LogP contribution in [0.15, 0.2) is 40.9 Å². The lowest BCUT2D eigenvalue weighted by Crippen LogP contribution is -2.30. The number of halogens is 2. The second kappa shape index (κ2) is 8.32. The normalized spacial score (nSPS) is 17.2. The van der Waals surface area contributed by atoms with E-state index in [4.69, 9.17) is 9.51 Å². The van der Waals surface area contributed by atoms with Crippen LogP contribution < -0.4 is 4.90 Å². The molecule has 1 N–H and O–H groups in total. The summed E-state index contributed by atoms with van der Waals surface area (Å²) in [5, 5.41) is 14.2. The number of nitrogens with zero attached hydrogens (tertiary/aromatic N) is 4. The third-order valence-electron chi connectivity index (χ3n) is 6.24. The Balaban J connectivity index is 1.65. The Labute approximate surface area is 194 Å². The van der Waals surface area contributed by atoms with Crippen LogP contribution in [0.2, 0.25) is 0 Å². The van der Waals surface area contributed by atoms with E-state index < -0.39 is 23.8 Å². The molecule has 4 aromatic rings. The Hall–Kier alpha value is -3.59. The Morgan fingerprint density at radius 1 is 1.18 bits per heavy atom. The van der Waals surface area contributed by atoms with Gasteiger partial charge in [0.15, 0.2) is 11.6 Å². The molecule has 34 heavy (non-hydrogen) atoms. The predicted octanol–water partition coefficient (Wildman–Crippen LogP) is 4.84. The van der Waals surface area contributed by atoms with Crippen LogP contribution in [0.25, 0.3) is 22.2 Å². The second-order valence-corrected chi connectivity index (χ2v) is 8.75. The summed E-state index contributed by atoms with van der Waals surface area (Å²) in [6, 6.07) is 8.77. The SMILES string of the molecule is Cc1noc(C)c1-c1ccc2c(c1)nc([C@@H]1CCC(=O)N1c1ccc(F)c(F)c1)n2CC(C)O. The number of hydrogen-bond acceptors (Lipinski definition) is 5. The van der Waals surface area contributed by atoms with Crippen molar-refractivity contribution in [3.63, 3.8) is 0 Å². The van der Waals surface area contributed by atoms with E-state index in [-0.39, 0.29) is 24.6 Å². The number of hydrogen-bond donors (Lipinski definition) is 1. The molecule has 2 atom stereocenters. The van der Waals surface area contributed by atoms with E-state index in [0.717, 1.165) is 34.5 Å². The molecular formula is C25H24F2N4O3. The van der Waals surface area contributed by atoms with Crippen molar-refractivity contribution in [2.45, 2.75) is 52.3 Å². The van der Waals surface area contributed by atoms with Gasteiger partial charge in [-0.3, -0.25) is 4.79 Å². The van der Waals surface area contributed by atoms with Crippen LogP contribution in [0.1, 0.15) is 43.1 Å². The quantitative estimate of drug-likeness (QED) is 0.455. The highest BCUT2D eigenvalue weighted by molar-refractivity contribution is 5.96. The van der Waals surface area contributed by atoms with Crippen molar-refractivity contribution in [1.82, 2.24) is 14.7 Å². The van der Waals surface area contributed by atoms with Crippen molar-refractivity contribution in [2.75, 3.05) is 4.90 Å². The molecule has 1 saturated heterocycles. The zero-order valence-corrected chi connectivity index (χ0v) is 19.0. The molecule has 1 aliphatic heterocycles. The lowest BCUT2D eigenvalue weighted by atomic mass is 10.0. The molecule has 5 rings (SSSR count). The van der Waals surface area contributed by atoms with Gasteiger partial charge in [0.1, 0.15) is 11.6 Å². The largest absolute Gasteiger partial charge is 0.392 e. The second-order valence-electron chi connectivity index (χ2n) is 8.75. The maximum absolute atomic E-state index is 14.0. The number of aromatic nitrogens is 3. The van der Waals surface area contributed by atoms with Crippen molar-refractivity contribution in [3.05, 3.63) is 65.3 Å². The maximum atomic E-state index is 14.0. The molecule has 0 bridgehead atoms. The van der Waals surface area contributed by atoms with E-state index in [0.29, 0.717) is 23.5 Å². The Morgan fingerprint density at radius 3 is 2.65 bits per heavy atom. The summed E-state index contributed by atoms with van der Waals surface area (Å²) >= 11 is 0. The number of anilines is 1. The van der Waals surface area contributed by atoms with E-state index >= 15 is 0 Å². The van der Waals surface area contributed by atoms with E-state index in [1.807, 2.05) is 36.6 Å². The van der Waals surface area contributed by atoms with Gasteiger partial charge in [0.05, 0.1) is 35.4 Å². The molecule has 1 aliphatic rings. The third-order valence-corrected chi connectivity index (χ3v) is 6.24. The molecule has 3 heterocycles. The average Bonchev–Trinajstić information content (AvgIpc) is 3.44. The smallest absolute Gasteiger partial charge is 0.227 e. The number of aryl methyl sites for hydroxylation is 2. The van der Waals surface area contributed by atoms with Crippen LogP contribution in [0.4, 0.5) is 14.5 Å². The Bertz CT molecular complexity index is 1390. The molecule has 9 heteroatoms. The van der Waals surface area contributed by atoms with Gasteiger partial charge >= 0.3 is 0 Å². The topological polar surface area (TPSA) is 84.4 Å². The standard InChI is InChI=1S/C25H24F2N4O3/c1-13(32)12-30-21-7-4-16(24-14(2)29-34-15(24)3)10-20(21)28-25(30)22-8-9-23(33)31(22)17-5-6-18(26)19(27)11-17/h4-7,10-11,13,22,32H,8-9,12H2,1-3H3/t13?,22-/m0/s1. The summed E-state index contributed by atoms with van der Waals surface area (Å²) in [6.45, 7) is 5.67. The van der Waals surface area contributed by atoms with E-state index in [2.05, 4.69) is 5.16 Å². The highest BCUT2D eigenvalue weighted by Gasteiger charge is 2.37. The minimum atomic E-state index is -1.02. The van der Waals surface area contributed by atoms with Gasteiger partial charge in [-0.15, -0.1) is 0 Å². The third kappa shape index (κ3) is 3.66. The molecule has 0 saturated carbocycles. The molecule has 0 radical (unpaired) electrons.